The summed E-state index contributed by atoms with van der Waals surface area (Å²) in [4.78, 5) is 0. The first-order chi connectivity index (χ1) is 13.2. The van der Waals surface area contributed by atoms with Gasteiger partial charge in [-0.25, -0.2) is 0 Å². The monoisotopic (exact) mass is 354 g/mol. The van der Waals surface area contributed by atoms with Gasteiger partial charge in [0, 0.05) is 5.41 Å². The zero-order valence-electron chi connectivity index (χ0n) is 15.8. The van der Waals surface area contributed by atoms with E-state index in [9.17, 15) is 5.11 Å². The first-order valence-electron chi connectivity index (χ1n) is 9.72. The molecule has 0 spiro atoms. The highest BCUT2D eigenvalue weighted by Crippen LogP contribution is 2.47. The molecule has 4 rings (SSSR count). The molecule has 2 atom stereocenters. The summed E-state index contributed by atoms with van der Waals surface area (Å²) in [5.41, 5.74) is 5.77. The predicted octanol–water partition coefficient (Wildman–Crippen LogP) is 5.92. The molecule has 3 aromatic carbocycles. The molecule has 1 heteroatoms. The average molecular weight is 354 g/mol. The molecule has 0 heterocycles. The van der Waals surface area contributed by atoms with Gasteiger partial charge in [0.2, 0.25) is 0 Å². The van der Waals surface area contributed by atoms with Crippen LogP contribution in [-0.2, 0) is 12.8 Å². The number of hydrogen-bond donors (Lipinski definition) is 1. The first-order valence-corrected chi connectivity index (χ1v) is 9.72. The Kier molecular flexibility index (Phi) is 4.96. The van der Waals surface area contributed by atoms with Crippen LogP contribution in [0.25, 0.3) is 6.08 Å². The van der Waals surface area contributed by atoms with Crippen LogP contribution in [0.2, 0.25) is 0 Å². The van der Waals surface area contributed by atoms with Gasteiger partial charge in [0.25, 0.3) is 0 Å². The molecule has 27 heavy (non-hydrogen) atoms. The summed E-state index contributed by atoms with van der Waals surface area (Å²) in [5.74, 6) is 0. The van der Waals surface area contributed by atoms with Crippen LogP contribution in [0.15, 0.2) is 84.9 Å². The minimum atomic E-state index is -0.497. The number of aryl methyl sites for hydroxylation is 2. The highest BCUT2D eigenvalue weighted by atomic mass is 16.3. The van der Waals surface area contributed by atoms with Crippen molar-refractivity contribution in [1.29, 1.82) is 0 Å². The van der Waals surface area contributed by atoms with E-state index in [0.717, 1.165) is 24.8 Å². The number of benzene rings is 3. The lowest BCUT2D eigenvalue weighted by Crippen LogP contribution is -2.34. The predicted molar refractivity (Wildman–Crippen MR) is 113 cm³/mol. The maximum absolute atomic E-state index is 11.4. The lowest BCUT2D eigenvalue weighted by molar-refractivity contribution is 0.0423. The van der Waals surface area contributed by atoms with E-state index in [1.54, 1.807) is 0 Å². The molecular weight excluding hydrogens is 328 g/mol. The van der Waals surface area contributed by atoms with E-state index in [1.165, 1.54) is 22.3 Å². The molecule has 1 N–H and O–H groups in total. The summed E-state index contributed by atoms with van der Waals surface area (Å²) in [5, 5.41) is 11.4. The first kappa shape index (κ1) is 17.8. The minimum Gasteiger partial charge on any atom is -0.387 e. The van der Waals surface area contributed by atoms with Crippen LogP contribution in [0.1, 0.15) is 40.3 Å². The Morgan fingerprint density at radius 2 is 1.63 bits per heavy atom. The minimum absolute atomic E-state index is 0.292. The Balaban J connectivity index is 1.73. The van der Waals surface area contributed by atoms with Crippen LogP contribution in [0.3, 0.4) is 0 Å². The van der Waals surface area contributed by atoms with Gasteiger partial charge in [0.1, 0.15) is 0 Å². The summed E-state index contributed by atoms with van der Waals surface area (Å²) >= 11 is 0. The molecule has 136 valence electrons. The molecule has 1 nitrogen and oxygen atoms in total. The second-order valence-corrected chi connectivity index (χ2v) is 7.74. The number of hydrogen-bond acceptors (Lipinski definition) is 1. The van der Waals surface area contributed by atoms with E-state index >= 15 is 0 Å². The highest BCUT2D eigenvalue weighted by molar-refractivity contribution is 5.51. The zero-order valence-corrected chi connectivity index (χ0v) is 15.8. The molecule has 0 aromatic heterocycles. The lowest BCUT2D eigenvalue weighted by atomic mass is 9.66. The molecule has 2 unspecified atom stereocenters. The van der Waals surface area contributed by atoms with Crippen molar-refractivity contribution in [2.75, 3.05) is 0 Å². The summed E-state index contributed by atoms with van der Waals surface area (Å²) in [7, 11) is 0. The van der Waals surface area contributed by atoms with Gasteiger partial charge < -0.3 is 5.11 Å². The van der Waals surface area contributed by atoms with Gasteiger partial charge in [0.15, 0.2) is 0 Å². The van der Waals surface area contributed by atoms with E-state index in [1.807, 2.05) is 12.1 Å². The van der Waals surface area contributed by atoms with Crippen LogP contribution >= 0.6 is 0 Å². The molecule has 0 bridgehead atoms. The third kappa shape index (κ3) is 3.74. The van der Waals surface area contributed by atoms with Crippen molar-refractivity contribution in [2.24, 2.45) is 5.41 Å². The van der Waals surface area contributed by atoms with Gasteiger partial charge in [-0.15, -0.1) is 0 Å². The fraction of sp³-hybridized carbons (Fsp3) is 0.231. The molecule has 0 radical (unpaired) electrons. The Morgan fingerprint density at radius 1 is 0.926 bits per heavy atom. The molecule has 0 saturated heterocycles. The quantitative estimate of drug-likeness (QED) is 0.617. The maximum atomic E-state index is 11.4. The zero-order chi connectivity index (χ0) is 18.7. The Bertz CT molecular complexity index is 924. The molecule has 0 saturated carbocycles. The second kappa shape index (κ2) is 7.54. The van der Waals surface area contributed by atoms with E-state index < -0.39 is 6.10 Å². The van der Waals surface area contributed by atoms with Gasteiger partial charge in [-0.05, 0) is 48.4 Å². The number of rotatable bonds is 4. The standard InChI is InChI=1S/C26H26O/c1-20-11-13-22(14-12-20)19-26(17-15-21-7-3-2-4-8-21)18-16-23-9-5-6-10-24(23)25(26)27/h2-15,17,25,27H,16,18-19H2,1H3/b17-15+. The molecular formula is C26H26O. The third-order valence-electron chi connectivity index (χ3n) is 5.82. The second-order valence-electron chi connectivity index (χ2n) is 7.74. The van der Waals surface area contributed by atoms with Gasteiger partial charge in [-0.2, -0.15) is 0 Å². The van der Waals surface area contributed by atoms with Crippen LogP contribution in [0.5, 0.6) is 0 Å². The molecule has 1 aliphatic carbocycles. The largest absolute Gasteiger partial charge is 0.387 e. The molecule has 3 aromatic rings. The molecule has 1 aliphatic rings. The van der Waals surface area contributed by atoms with Crippen LogP contribution in [-0.4, -0.2) is 5.11 Å². The fourth-order valence-corrected chi connectivity index (χ4v) is 4.17. The van der Waals surface area contributed by atoms with Crippen LogP contribution in [0.4, 0.5) is 0 Å². The van der Waals surface area contributed by atoms with Crippen LogP contribution < -0.4 is 0 Å². The van der Waals surface area contributed by atoms with Gasteiger partial charge in [-0.3, -0.25) is 0 Å². The number of aliphatic hydroxyl groups is 1. The van der Waals surface area contributed by atoms with Crippen molar-refractivity contribution in [1.82, 2.24) is 0 Å². The van der Waals surface area contributed by atoms with Crippen molar-refractivity contribution < 1.29 is 5.11 Å². The van der Waals surface area contributed by atoms with E-state index in [0.29, 0.717) is 0 Å². The van der Waals surface area contributed by atoms with E-state index in [-0.39, 0.29) is 5.41 Å². The molecule has 0 aliphatic heterocycles. The normalized spacial score (nSPS) is 21.9. The Labute approximate surface area is 162 Å². The Hall–Kier alpha value is -2.64. The average Bonchev–Trinajstić information content (AvgIpc) is 2.72. The summed E-state index contributed by atoms with van der Waals surface area (Å²) < 4.78 is 0. The number of aliphatic hydroxyl groups excluding tert-OH is 1. The molecule has 0 amide bonds. The third-order valence-corrected chi connectivity index (χ3v) is 5.82. The van der Waals surface area contributed by atoms with E-state index in [4.69, 9.17) is 0 Å². The van der Waals surface area contributed by atoms with Gasteiger partial charge in [-0.1, -0.05) is 96.6 Å². The van der Waals surface area contributed by atoms with Crippen molar-refractivity contribution >= 4 is 6.08 Å². The molecule has 0 fully saturated rings. The topological polar surface area (TPSA) is 20.2 Å². The summed E-state index contributed by atoms with van der Waals surface area (Å²) in [6.07, 6.45) is 6.71. The Morgan fingerprint density at radius 3 is 2.41 bits per heavy atom. The van der Waals surface area contributed by atoms with Gasteiger partial charge in [0.05, 0.1) is 6.10 Å². The van der Waals surface area contributed by atoms with Crippen molar-refractivity contribution in [3.8, 4) is 0 Å². The maximum Gasteiger partial charge on any atom is 0.0886 e. The van der Waals surface area contributed by atoms with E-state index in [2.05, 4.69) is 85.8 Å². The summed E-state index contributed by atoms with van der Waals surface area (Å²) in [6, 6.07) is 27.4. The SMILES string of the molecule is Cc1ccc(CC2(/C=C/c3ccccc3)CCc3ccccc3C2O)cc1. The highest BCUT2D eigenvalue weighted by Gasteiger charge is 2.40. The summed E-state index contributed by atoms with van der Waals surface area (Å²) in [6.45, 7) is 2.11. The van der Waals surface area contributed by atoms with Crippen molar-refractivity contribution in [2.45, 2.75) is 32.3 Å². The number of fused-ring (bicyclic) bond motifs is 1. The fourth-order valence-electron chi connectivity index (χ4n) is 4.17. The van der Waals surface area contributed by atoms with Crippen LogP contribution in [0, 0.1) is 12.3 Å². The smallest absolute Gasteiger partial charge is 0.0886 e. The van der Waals surface area contributed by atoms with Crippen molar-refractivity contribution in [3.63, 3.8) is 0 Å². The lowest BCUT2D eigenvalue weighted by Gasteiger charge is -2.41. The van der Waals surface area contributed by atoms with Gasteiger partial charge >= 0.3 is 0 Å². The van der Waals surface area contributed by atoms with Crippen molar-refractivity contribution in [3.05, 3.63) is 113 Å².